The Hall–Kier alpha value is -1.15. The minimum atomic E-state index is -1.35. The summed E-state index contributed by atoms with van der Waals surface area (Å²) in [5, 5.41) is 19.7. The molecule has 2 N–H and O–H groups in total. The Morgan fingerprint density at radius 2 is 2.14 bits per heavy atom. The van der Waals surface area contributed by atoms with Crippen molar-refractivity contribution in [2.45, 2.75) is 25.6 Å². The van der Waals surface area contributed by atoms with E-state index in [9.17, 15) is 19.4 Å². The lowest BCUT2D eigenvalue weighted by Gasteiger charge is -2.18. The minimum absolute atomic E-state index is 0.00770. The molecule has 1 rings (SSSR count). The third-order valence-corrected chi connectivity index (χ3v) is 3.56. The summed E-state index contributed by atoms with van der Waals surface area (Å²) in [6, 6.07) is 3.96. The van der Waals surface area contributed by atoms with Crippen molar-refractivity contribution in [2.75, 3.05) is 19.7 Å². The molecule has 7 heteroatoms. The van der Waals surface area contributed by atoms with Crippen molar-refractivity contribution in [3.63, 3.8) is 0 Å². The molecular weight excluding hydrogens is 299 g/mol. The molecule has 0 bridgehead atoms. The predicted molar refractivity (Wildman–Crippen MR) is 77.6 cm³/mol. The predicted octanol–water partition coefficient (Wildman–Crippen LogP) is 1.87. The van der Waals surface area contributed by atoms with Crippen LogP contribution >= 0.6 is 11.8 Å². The molecule has 0 spiro atoms. The van der Waals surface area contributed by atoms with Crippen LogP contribution in [-0.2, 0) is 9.53 Å². The molecule has 118 valence electrons. The Kier molecular flexibility index (Phi) is 7.66. The van der Waals surface area contributed by atoms with Crippen LogP contribution in [0.4, 0.5) is 4.39 Å². The normalized spacial score (nSPS) is 13.8. The van der Waals surface area contributed by atoms with Crippen LogP contribution in [-0.4, -0.2) is 41.1 Å². The molecule has 0 aliphatic carbocycles. The summed E-state index contributed by atoms with van der Waals surface area (Å²) < 4.78 is 23.7. The van der Waals surface area contributed by atoms with Crippen LogP contribution in [0, 0.1) is 5.82 Å². The molecule has 0 saturated carbocycles. The third-order valence-electron chi connectivity index (χ3n) is 2.72. The van der Waals surface area contributed by atoms with Crippen molar-refractivity contribution in [3.8, 4) is 5.75 Å². The highest BCUT2D eigenvalue weighted by Gasteiger charge is 2.22. The van der Waals surface area contributed by atoms with E-state index in [-0.39, 0.29) is 29.6 Å². The van der Waals surface area contributed by atoms with Gasteiger partial charge in [-0.3, -0.25) is 4.79 Å². The molecule has 0 fully saturated rings. The van der Waals surface area contributed by atoms with E-state index >= 15 is 0 Å². The van der Waals surface area contributed by atoms with Crippen molar-refractivity contribution < 1.29 is 28.9 Å². The van der Waals surface area contributed by atoms with Gasteiger partial charge in [0.2, 0.25) is 0 Å². The SMILES string of the molecule is COCOc1ccc(C(O)C(O)CCSC(C)=O)c(F)c1. The first kappa shape index (κ1) is 17.9. The van der Waals surface area contributed by atoms with Crippen LogP contribution in [0.2, 0.25) is 0 Å². The smallest absolute Gasteiger partial charge is 0.188 e. The van der Waals surface area contributed by atoms with E-state index in [0.29, 0.717) is 5.75 Å². The van der Waals surface area contributed by atoms with E-state index in [4.69, 9.17) is 9.47 Å². The van der Waals surface area contributed by atoms with Crippen molar-refractivity contribution in [1.82, 2.24) is 0 Å². The van der Waals surface area contributed by atoms with E-state index in [1.54, 1.807) is 0 Å². The van der Waals surface area contributed by atoms with Gasteiger partial charge in [-0.1, -0.05) is 11.8 Å². The highest BCUT2D eigenvalue weighted by molar-refractivity contribution is 8.13. The molecule has 5 nitrogen and oxygen atoms in total. The lowest BCUT2D eigenvalue weighted by molar-refractivity contribution is -0.109. The fourth-order valence-electron chi connectivity index (χ4n) is 1.65. The zero-order valence-electron chi connectivity index (χ0n) is 11.9. The molecule has 1 aromatic carbocycles. The first-order valence-corrected chi connectivity index (χ1v) is 7.35. The average molecular weight is 318 g/mol. The number of carbonyl (C=O) groups is 1. The fraction of sp³-hybridized carbons (Fsp3) is 0.500. The van der Waals surface area contributed by atoms with Crippen molar-refractivity contribution >= 4 is 16.9 Å². The van der Waals surface area contributed by atoms with Crippen LogP contribution in [0.25, 0.3) is 0 Å². The zero-order valence-corrected chi connectivity index (χ0v) is 12.7. The number of rotatable bonds is 8. The molecule has 0 aromatic heterocycles. The third kappa shape index (κ3) is 6.01. The first-order valence-electron chi connectivity index (χ1n) is 6.36. The van der Waals surface area contributed by atoms with Crippen LogP contribution in [0.15, 0.2) is 18.2 Å². The molecule has 0 radical (unpaired) electrons. The Balaban J connectivity index is 2.64. The monoisotopic (exact) mass is 318 g/mol. The van der Waals surface area contributed by atoms with E-state index in [0.717, 1.165) is 17.8 Å². The molecule has 2 unspecified atom stereocenters. The molecular formula is C14H19FO5S. The Labute approximate surface area is 127 Å². The average Bonchev–Trinajstić information content (AvgIpc) is 2.44. The maximum Gasteiger partial charge on any atom is 0.188 e. The summed E-state index contributed by atoms with van der Waals surface area (Å²) in [5.41, 5.74) is -0.0138. The number of carbonyl (C=O) groups excluding carboxylic acids is 1. The summed E-state index contributed by atoms with van der Waals surface area (Å²) in [5.74, 6) is -0.0363. The number of hydrogen-bond acceptors (Lipinski definition) is 6. The summed E-state index contributed by atoms with van der Waals surface area (Å²) in [4.78, 5) is 10.8. The van der Waals surface area contributed by atoms with Gasteiger partial charge >= 0.3 is 0 Å². The van der Waals surface area contributed by atoms with Gasteiger partial charge in [-0.05, 0) is 18.6 Å². The summed E-state index contributed by atoms with van der Waals surface area (Å²) in [6.45, 7) is 1.41. The summed E-state index contributed by atoms with van der Waals surface area (Å²) in [7, 11) is 1.45. The molecule has 0 aliphatic rings. The number of aliphatic hydroxyl groups excluding tert-OH is 2. The Bertz CT molecular complexity index is 469. The van der Waals surface area contributed by atoms with Crippen molar-refractivity contribution in [3.05, 3.63) is 29.6 Å². The van der Waals surface area contributed by atoms with Gasteiger partial charge in [0.05, 0.1) is 6.10 Å². The minimum Gasteiger partial charge on any atom is -0.467 e. The lowest BCUT2D eigenvalue weighted by atomic mass is 10.0. The van der Waals surface area contributed by atoms with E-state index in [2.05, 4.69) is 0 Å². The maximum absolute atomic E-state index is 13.9. The van der Waals surface area contributed by atoms with Crippen LogP contribution < -0.4 is 4.74 Å². The van der Waals surface area contributed by atoms with Gasteiger partial charge in [0.1, 0.15) is 17.7 Å². The quantitative estimate of drug-likeness (QED) is 0.713. The number of ether oxygens (including phenoxy) is 2. The Morgan fingerprint density at radius 1 is 1.43 bits per heavy atom. The topological polar surface area (TPSA) is 76.0 Å². The molecule has 2 atom stereocenters. The van der Waals surface area contributed by atoms with Gasteiger partial charge in [-0.15, -0.1) is 0 Å². The molecule has 0 amide bonds. The van der Waals surface area contributed by atoms with Crippen LogP contribution in [0.3, 0.4) is 0 Å². The van der Waals surface area contributed by atoms with Gasteiger partial charge in [0, 0.05) is 31.4 Å². The lowest BCUT2D eigenvalue weighted by Crippen LogP contribution is -2.20. The number of aliphatic hydroxyl groups is 2. The second kappa shape index (κ2) is 8.99. The number of halogens is 1. The molecule has 1 aromatic rings. The fourth-order valence-corrected chi connectivity index (χ4v) is 2.30. The molecule has 0 heterocycles. The van der Waals surface area contributed by atoms with Gasteiger partial charge < -0.3 is 19.7 Å². The van der Waals surface area contributed by atoms with E-state index in [1.165, 1.54) is 26.2 Å². The largest absolute Gasteiger partial charge is 0.467 e. The number of hydrogen-bond donors (Lipinski definition) is 2. The highest BCUT2D eigenvalue weighted by atomic mass is 32.2. The van der Waals surface area contributed by atoms with Gasteiger partial charge in [0.25, 0.3) is 0 Å². The maximum atomic E-state index is 13.9. The van der Waals surface area contributed by atoms with Crippen molar-refractivity contribution in [2.24, 2.45) is 0 Å². The van der Waals surface area contributed by atoms with Crippen LogP contribution in [0.5, 0.6) is 5.75 Å². The van der Waals surface area contributed by atoms with Gasteiger partial charge in [-0.2, -0.15) is 0 Å². The number of thioether (sulfide) groups is 1. The second-order valence-corrected chi connectivity index (χ2v) is 5.65. The van der Waals surface area contributed by atoms with E-state index in [1.807, 2.05) is 0 Å². The van der Waals surface area contributed by atoms with Gasteiger partial charge in [0.15, 0.2) is 11.9 Å². The molecule has 0 aliphatic heterocycles. The zero-order chi connectivity index (χ0) is 15.8. The van der Waals surface area contributed by atoms with Crippen molar-refractivity contribution in [1.29, 1.82) is 0 Å². The van der Waals surface area contributed by atoms with E-state index < -0.39 is 18.0 Å². The molecule has 0 saturated heterocycles. The Morgan fingerprint density at radius 3 is 2.71 bits per heavy atom. The van der Waals surface area contributed by atoms with Gasteiger partial charge in [-0.25, -0.2) is 4.39 Å². The highest BCUT2D eigenvalue weighted by Crippen LogP contribution is 2.26. The first-order chi connectivity index (χ1) is 9.95. The second-order valence-electron chi connectivity index (χ2n) is 4.38. The van der Waals surface area contributed by atoms with Crippen LogP contribution in [0.1, 0.15) is 25.0 Å². The summed E-state index contributed by atoms with van der Waals surface area (Å²) >= 11 is 1.05. The number of benzene rings is 1. The standard InChI is InChI=1S/C14H19FO5S/c1-9(16)21-6-5-13(17)14(18)11-4-3-10(7-12(11)15)20-8-19-2/h3-4,7,13-14,17-18H,5-6,8H2,1-2H3. The number of methoxy groups -OCH3 is 1. The summed E-state index contributed by atoms with van der Waals surface area (Å²) in [6.07, 6.45) is -2.31. The molecule has 21 heavy (non-hydrogen) atoms.